The molecule has 2 heterocycles. The lowest BCUT2D eigenvalue weighted by atomic mass is 10.0. The van der Waals surface area contributed by atoms with Crippen LogP contribution in [0.1, 0.15) is 38.8 Å². The zero-order valence-electron chi connectivity index (χ0n) is 20.9. The summed E-state index contributed by atoms with van der Waals surface area (Å²) in [5, 5.41) is 6.04. The summed E-state index contributed by atoms with van der Waals surface area (Å²) in [4.78, 5) is 31.3. The smallest absolute Gasteiger partial charge is 0.341 e. The summed E-state index contributed by atoms with van der Waals surface area (Å²) in [6.45, 7) is 4.12. The lowest BCUT2D eigenvalue weighted by Gasteiger charge is -2.12. The fraction of sp³-hybridized carbons (Fsp3) is 0.129. The number of benzene rings is 3. The highest BCUT2D eigenvalue weighted by atomic mass is 32.1. The Balaban J connectivity index is 1.56. The molecule has 37 heavy (non-hydrogen) atoms. The molecule has 5 nitrogen and oxygen atoms in total. The zero-order valence-corrected chi connectivity index (χ0v) is 21.7. The van der Waals surface area contributed by atoms with Gasteiger partial charge in [0, 0.05) is 21.9 Å². The molecule has 6 heteroatoms. The van der Waals surface area contributed by atoms with Gasteiger partial charge >= 0.3 is 5.97 Å². The van der Waals surface area contributed by atoms with Gasteiger partial charge in [-0.2, -0.15) is 0 Å². The average Bonchev–Trinajstić information content (AvgIpc) is 3.35. The van der Waals surface area contributed by atoms with E-state index in [1.54, 1.807) is 0 Å². The molecule has 0 saturated carbocycles. The van der Waals surface area contributed by atoms with Gasteiger partial charge in [0.2, 0.25) is 0 Å². The van der Waals surface area contributed by atoms with Crippen molar-refractivity contribution < 1.29 is 14.3 Å². The lowest BCUT2D eigenvalue weighted by Crippen LogP contribution is -2.15. The van der Waals surface area contributed by atoms with Crippen LogP contribution >= 0.6 is 11.3 Å². The Morgan fingerprint density at radius 2 is 1.65 bits per heavy atom. The van der Waals surface area contributed by atoms with E-state index in [2.05, 4.69) is 24.4 Å². The number of nitrogens with one attached hydrogen (secondary N) is 1. The van der Waals surface area contributed by atoms with Gasteiger partial charge in [-0.3, -0.25) is 4.79 Å². The molecule has 0 atom stereocenters. The van der Waals surface area contributed by atoms with Crippen molar-refractivity contribution in [2.75, 3.05) is 12.4 Å². The number of rotatable bonds is 6. The van der Waals surface area contributed by atoms with Crippen LogP contribution in [0.5, 0.6) is 0 Å². The summed E-state index contributed by atoms with van der Waals surface area (Å²) in [7, 11) is 1.34. The van der Waals surface area contributed by atoms with Crippen LogP contribution in [-0.4, -0.2) is 24.0 Å². The Labute approximate surface area is 219 Å². The molecule has 3 aromatic carbocycles. The fourth-order valence-electron chi connectivity index (χ4n) is 4.29. The van der Waals surface area contributed by atoms with Gasteiger partial charge in [0.25, 0.3) is 5.91 Å². The van der Waals surface area contributed by atoms with Crippen LogP contribution < -0.4 is 5.32 Å². The third-order valence-corrected chi connectivity index (χ3v) is 7.28. The van der Waals surface area contributed by atoms with Crippen molar-refractivity contribution in [1.82, 2.24) is 4.98 Å². The van der Waals surface area contributed by atoms with Gasteiger partial charge in [0.05, 0.1) is 23.9 Å². The van der Waals surface area contributed by atoms with Crippen LogP contribution in [0.15, 0.2) is 84.2 Å². The van der Waals surface area contributed by atoms with Crippen LogP contribution in [0.3, 0.4) is 0 Å². The number of aryl methyl sites for hydroxylation is 2. The standard InChI is InChI=1S/C31H26N2O3S/c1-4-20-11-15-22(16-12-20)27-17-24(23-7-5-6-8-26(23)32-27)29(34)33-30-28(31(35)36-3)25(18-37-30)21-13-9-19(2)10-14-21/h5-18H,4H2,1-3H3,(H,33,34). The van der Waals surface area contributed by atoms with E-state index < -0.39 is 5.97 Å². The quantitative estimate of drug-likeness (QED) is 0.242. The Morgan fingerprint density at radius 3 is 2.35 bits per heavy atom. The number of aromatic nitrogens is 1. The number of para-hydroxylation sites is 1. The van der Waals surface area contributed by atoms with Crippen LogP contribution in [0.2, 0.25) is 0 Å². The van der Waals surface area contributed by atoms with Gasteiger partial charge in [-0.1, -0.05) is 79.2 Å². The number of carbonyl (C=O) groups excluding carboxylic acids is 2. The van der Waals surface area contributed by atoms with Crippen molar-refractivity contribution in [2.24, 2.45) is 0 Å². The van der Waals surface area contributed by atoms with E-state index in [1.807, 2.05) is 79.0 Å². The second-order valence-electron chi connectivity index (χ2n) is 8.79. The van der Waals surface area contributed by atoms with Crippen LogP contribution in [-0.2, 0) is 11.2 Å². The van der Waals surface area contributed by atoms with E-state index in [-0.39, 0.29) is 5.91 Å². The molecule has 0 fully saturated rings. The molecule has 2 aromatic heterocycles. The highest BCUT2D eigenvalue weighted by Crippen LogP contribution is 2.37. The summed E-state index contributed by atoms with van der Waals surface area (Å²) in [6.07, 6.45) is 0.951. The fourth-order valence-corrected chi connectivity index (χ4v) is 5.25. The third-order valence-electron chi connectivity index (χ3n) is 6.39. The Kier molecular flexibility index (Phi) is 6.84. The van der Waals surface area contributed by atoms with Gasteiger partial charge in [-0.25, -0.2) is 9.78 Å². The molecule has 184 valence electrons. The first kappa shape index (κ1) is 24.4. The van der Waals surface area contributed by atoms with Crippen LogP contribution in [0, 0.1) is 6.92 Å². The second kappa shape index (κ2) is 10.4. The minimum absolute atomic E-state index is 0.313. The number of hydrogen-bond acceptors (Lipinski definition) is 5. The molecule has 0 saturated heterocycles. The van der Waals surface area contributed by atoms with Gasteiger partial charge in [-0.15, -0.1) is 11.3 Å². The first-order chi connectivity index (χ1) is 18.0. The first-order valence-corrected chi connectivity index (χ1v) is 12.9. The van der Waals surface area contributed by atoms with Crippen molar-refractivity contribution in [3.05, 3.63) is 106 Å². The molecular weight excluding hydrogens is 480 g/mol. The molecule has 1 N–H and O–H groups in total. The number of hydrogen-bond donors (Lipinski definition) is 1. The minimum Gasteiger partial charge on any atom is -0.465 e. The molecule has 0 bridgehead atoms. The summed E-state index contributed by atoms with van der Waals surface area (Å²) in [5.74, 6) is -0.809. The maximum atomic E-state index is 13.7. The molecule has 0 aliphatic carbocycles. The molecule has 0 radical (unpaired) electrons. The number of esters is 1. The number of carbonyl (C=O) groups is 2. The molecule has 0 spiro atoms. The molecular formula is C31H26N2O3S. The van der Waals surface area contributed by atoms with E-state index in [9.17, 15) is 9.59 Å². The summed E-state index contributed by atoms with van der Waals surface area (Å²) >= 11 is 1.30. The third kappa shape index (κ3) is 4.88. The molecule has 0 unspecified atom stereocenters. The SMILES string of the molecule is CCc1ccc(-c2cc(C(=O)Nc3scc(-c4ccc(C)cc4)c3C(=O)OC)c3ccccc3n2)cc1. The number of methoxy groups -OCH3 is 1. The van der Waals surface area contributed by atoms with Crippen molar-refractivity contribution in [3.8, 4) is 22.4 Å². The highest BCUT2D eigenvalue weighted by molar-refractivity contribution is 7.15. The molecule has 5 rings (SSSR count). The largest absolute Gasteiger partial charge is 0.465 e. The highest BCUT2D eigenvalue weighted by Gasteiger charge is 2.24. The van der Waals surface area contributed by atoms with Gasteiger partial charge in [0.1, 0.15) is 10.6 Å². The Morgan fingerprint density at radius 1 is 0.946 bits per heavy atom. The van der Waals surface area contributed by atoms with Crippen LogP contribution in [0.25, 0.3) is 33.3 Å². The minimum atomic E-state index is -0.497. The first-order valence-electron chi connectivity index (χ1n) is 12.1. The number of fused-ring (bicyclic) bond motifs is 1. The van der Waals surface area contributed by atoms with Crippen molar-refractivity contribution in [2.45, 2.75) is 20.3 Å². The Hall–Kier alpha value is -4.29. The summed E-state index contributed by atoms with van der Waals surface area (Å²) in [5.41, 5.74) is 7.18. The number of amides is 1. The van der Waals surface area contributed by atoms with Crippen molar-refractivity contribution >= 4 is 39.1 Å². The maximum Gasteiger partial charge on any atom is 0.341 e. The maximum absolute atomic E-state index is 13.7. The lowest BCUT2D eigenvalue weighted by molar-refractivity contribution is 0.0603. The predicted molar refractivity (Wildman–Crippen MR) is 150 cm³/mol. The van der Waals surface area contributed by atoms with E-state index in [0.717, 1.165) is 39.6 Å². The number of nitrogens with zero attached hydrogens (tertiary/aromatic N) is 1. The van der Waals surface area contributed by atoms with Gasteiger partial charge in [-0.05, 0) is 36.6 Å². The summed E-state index contributed by atoms with van der Waals surface area (Å²) in [6, 6.07) is 25.5. The monoisotopic (exact) mass is 506 g/mol. The second-order valence-corrected chi connectivity index (χ2v) is 9.67. The number of thiophene rings is 1. The molecule has 0 aliphatic rings. The van der Waals surface area contributed by atoms with E-state index in [0.29, 0.717) is 21.8 Å². The average molecular weight is 507 g/mol. The number of ether oxygens (including phenoxy) is 1. The van der Waals surface area contributed by atoms with Gasteiger partial charge in [0.15, 0.2) is 0 Å². The molecule has 1 amide bonds. The van der Waals surface area contributed by atoms with Crippen LogP contribution in [0.4, 0.5) is 5.00 Å². The number of anilines is 1. The van der Waals surface area contributed by atoms with Gasteiger partial charge < -0.3 is 10.1 Å². The predicted octanol–water partition coefficient (Wildman–Crippen LogP) is 7.54. The Bertz CT molecular complexity index is 1600. The topological polar surface area (TPSA) is 68.3 Å². The van der Waals surface area contributed by atoms with E-state index in [1.165, 1.54) is 24.0 Å². The van der Waals surface area contributed by atoms with Crippen molar-refractivity contribution in [3.63, 3.8) is 0 Å². The van der Waals surface area contributed by atoms with Crippen molar-refractivity contribution in [1.29, 1.82) is 0 Å². The molecule has 0 aliphatic heterocycles. The normalized spacial score (nSPS) is 10.9. The van der Waals surface area contributed by atoms with E-state index >= 15 is 0 Å². The zero-order chi connectivity index (χ0) is 25.9. The summed E-state index contributed by atoms with van der Waals surface area (Å²) < 4.78 is 5.08. The van der Waals surface area contributed by atoms with E-state index in [4.69, 9.17) is 9.72 Å². The molecule has 5 aromatic rings. The number of pyridine rings is 1.